The summed E-state index contributed by atoms with van der Waals surface area (Å²) in [6.45, 7) is -0.351. The summed E-state index contributed by atoms with van der Waals surface area (Å²) in [6.07, 6.45) is 2.93. The molecule has 0 aromatic heterocycles. The van der Waals surface area contributed by atoms with Crippen LogP contribution in [-0.4, -0.2) is 41.6 Å². The monoisotopic (exact) mass is 389 g/mol. The van der Waals surface area contributed by atoms with E-state index >= 15 is 0 Å². The molecule has 4 rings (SSSR count). The first-order valence-electron chi connectivity index (χ1n) is 9.25. The minimum atomic E-state index is -0.599. The molecule has 2 bridgehead atoms. The van der Waals surface area contributed by atoms with Gasteiger partial charge in [-0.05, 0) is 55.4 Å². The Bertz CT molecular complexity index is 777. The second kappa shape index (κ2) is 7.08. The first-order chi connectivity index (χ1) is 13.0. The van der Waals surface area contributed by atoms with E-state index in [1.54, 1.807) is 24.3 Å². The van der Waals surface area contributed by atoms with E-state index in [1.165, 1.54) is 4.90 Å². The Kier molecular flexibility index (Phi) is 4.76. The van der Waals surface area contributed by atoms with Crippen molar-refractivity contribution in [2.75, 3.05) is 13.2 Å². The van der Waals surface area contributed by atoms with Crippen LogP contribution in [0.5, 0.6) is 0 Å². The van der Waals surface area contributed by atoms with Crippen LogP contribution in [0.1, 0.15) is 36.0 Å². The summed E-state index contributed by atoms with van der Waals surface area (Å²) in [5, 5.41) is 0.515. The van der Waals surface area contributed by atoms with Crippen LogP contribution in [0.3, 0.4) is 0 Å². The first-order valence-corrected chi connectivity index (χ1v) is 9.63. The number of carbonyl (C=O) groups is 4. The maximum Gasteiger partial charge on any atom is 0.308 e. The van der Waals surface area contributed by atoms with Crippen molar-refractivity contribution >= 4 is 35.2 Å². The highest BCUT2D eigenvalue weighted by Crippen LogP contribution is 2.56. The lowest BCUT2D eigenvalue weighted by Gasteiger charge is -2.19. The normalized spacial score (nSPS) is 28.6. The van der Waals surface area contributed by atoms with Crippen molar-refractivity contribution in [2.45, 2.75) is 25.7 Å². The molecule has 7 heteroatoms. The topological polar surface area (TPSA) is 80.8 Å². The van der Waals surface area contributed by atoms with Gasteiger partial charge in [-0.15, -0.1) is 0 Å². The van der Waals surface area contributed by atoms with E-state index in [4.69, 9.17) is 16.3 Å². The number of Topliss-reactive ketones (excluding diaryl/α,β-unsaturated/α-hetero) is 1. The molecule has 4 atom stereocenters. The fraction of sp³-hybridized carbons (Fsp3) is 0.500. The number of ketones is 1. The Hall–Kier alpha value is -2.21. The van der Waals surface area contributed by atoms with Gasteiger partial charge in [-0.2, -0.15) is 0 Å². The molecule has 1 aromatic rings. The maximum absolute atomic E-state index is 12.6. The van der Waals surface area contributed by atoms with Crippen molar-refractivity contribution in [2.24, 2.45) is 23.7 Å². The summed E-state index contributed by atoms with van der Waals surface area (Å²) < 4.78 is 5.00. The van der Waals surface area contributed by atoms with E-state index in [1.807, 2.05) is 0 Å². The number of rotatable bonds is 6. The zero-order chi connectivity index (χ0) is 19.1. The van der Waals surface area contributed by atoms with Gasteiger partial charge >= 0.3 is 5.97 Å². The van der Waals surface area contributed by atoms with Crippen LogP contribution in [-0.2, 0) is 19.1 Å². The molecule has 2 saturated carbocycles. The van der Waals surface area contributed by atoms with Crippen molar-refractivity contribution in [3.8, 4) is 0 Å². The molecule has 6 nitrogen and oxygen atoms in total. The number of nitrogens with zero attached hydrogens (tertiary/aromatic N) is 1. The standard InChI is InChI=1S/C20H20ClNO5/c21-14-5-3-11(4-6-14)15(23)10-27-16(24)7-8-22-19(25)17-12-1-2-13(9-12)18(17)20(22)26/h3-6,12-13,17-18H,1-2,7-10H2/t12-,13+,17-,18-/m0/s1. The highest BCUT2D eigenvalue weighted by Gasteiger charge is 2.60. The van der Waals surface area contributed by atoms with Crippen molar-refractivity contribution in [1.82, 2.24) is 4.90 Å². The van der Waals surface area contributed by atoms with Gasteiger partial charge in [0.1, 0.15) is 0 Å². The third kappa shape index (κ3) is 3.27. The number of likely N-dealkylation sites (tertiary alicyclic amines) is 1. The van der Waals surface area contributed by atoms with E-state index in [0.29, 0.717) is 22.4 Å². The van der Waals surface area contributed by atoms with E-state index in [2.05, 4.69) is 0 Å². The Labute approximate surface area is 161 Å². The third-order valence-electron chi connectivity index (χ3n) is 6.09. The maximum atomic E-state index is 12.6. The number of esters is 1. The van der Waals surface area contributed by atoms with E-state index < -0.39 is 5.97 Å². The molecule has 0 radical (unpaired) electrons. The van der Waals surface area contributed by atoms with Gasteiger partial charge in [0, 0.05) is 17.1 Å². The van der Waals surface area contributed by atoms with Crippen LogP contribution in [0.15, 0.2) is 24.3 Å². The average Bonchev–Trinajstić information content (AvgIpc) is 3.33. The number of hydrogen-bond acceptors (Lipinski definition) is 5. The van der Waals surface area contributed by atoms with Crippen molar-refractivity contribution < 1.29 is 23.9 Å². The Morgan fingerprint density at radius 1 is 1.04 bits per heavy atom. The minimum absolute atomic E-state index is 0.0259. The predicted octanol–water partition coefficient (Wildman–Crippen LogP) is 2.49. The van der Waals surface area contributed by atoms with Crippen LogP contribution in [0.2, 0.25) is 5.02 Å². The number of fused-ring (bicyclic) bond motifs is 5. The molecule has 142 valence electrons. The summed E-state index contributed by atoms with van der Waals surface area (Å²) in [7, 11) is 0. The van der Waals surface area contributed by atoms with Gasteiger partial charge in [-0.25, -0.2) is 0 Å². The largest absolute Gasteiger partial charge is 0.457 e. The SMILES string of the molecule is O=C(CCN1C(=O)[C@H]2[C@@H]3CC[C@@H](C3)[C@@H]2C1=O)OCC(=O)c1ccc(Cl)cc1. The van der Waals surface area contributed by atoms with Crippen molar-refractivity contribution in [3.63, 3.8) is 0 Å². The Balaban J connectivity index is 1.27. The molecule has 0 N–H and O–H groups in total. The number of hydrogen-bond donors (Lipinski definition) is 0. The van der Waals surface area contributed by atoms with E-state index in [-0.39, 0.29) is 49.0 Å². The number of benzene rings is 1. The molecule has 1 aromatic carbocycles. The fourth-order valence-electron chi connectivity index (χ4n) is 4.83. The Morgan fingerprint density at radius 2 is 1.63 bits per heavy atom. The molecule has 2 amide bonds. The molecule has 1 aliphatic heterocycles. The first kappa shape index (κ1) is 18.2. The summed E-state index contributed by atoms with van der Waals surface area (Å²) in [6, 6.07) is 6.30. The van der Waals surface area contributed by atoms with Gasteiger partial charge in [0.25, 0.3) is 0 Å². The van der Waals surface area contributed by atoms with Crippen LogP contribution < -0.4 is 0 Å². The number of amides is 2. The summed E-state index contributed by atoms with van der Waals surface area (Å²) >= 11 is 5.77. The molecule has 3 aliphatic rings. The molecule has 0 spiro atoms. The van der Waals surface area contributed by atoms with Crippen LogP contribution >= 0.6 is 11.6 Å². The van der Waals surface area contributed by atoms with Gasteiger partial charge in [-0.1, -0.05) is 11.6 Å². The molecule has 0 unspecified atom stereocenters. The minimum Gasteiger partial charge on any atom is -0.457 e. The second-order valence-corrected chi connectivity index (χ2v) is 7.99. The molecule has 2 aliphatic carbocycles. The molecule has 3 fully saturated rings. The van der Waals surface area contributed by atoms with Gasteiger partial charge in [0.05, 0.1) is 18.3 Å². The molecular weight excluding hydrogens is 370 g/mol. The molecular formula is C20H20ClNO5. The summed E-state index contributed by atoms with van der Waals surface area (Å²) in [5.41, 5.74) is 0.403. The zero-order valence-electron chi connectivity index (χ0n) is 14.7. The zero-order valence-corrected chi connectivity index (χ0v) is 15.5. The fourth-order valence-corrected chi connectivity index (χ4v) is 4.96. The van der Waals surface area contributed by atoms with Crippen LogP contribution in [0.4, 0.5) is 0 Å². The van der Waals surface area contributed by atoms with Crippen LogP contribution in [0.25, 0.3) is 0 Å². The predicted molar refractivity (Wildman–Crippen MR) is 95.9 cm³/mol. The lowest BCUT2D eigenvalue weighted by molar-refractivity contribution is -0.145. The average molecular weight is 390 g/mol. The van der Waals surface area contributed by atoms with Crippen molar-refractivity contribution in [1.29, 1.82) is 0 Å². The quantitative estimate of drug-likeness (QED) is 0.424. The van der Waals surface area contributed by atoms with Gasteiger partial charge < -0.3 is 4.74 Å². The highest BCUT2D eigenvalue weighted by atomic mass is 35.5. The lowest BCUT2D eigenvalue weighted by Crippen LogP contribution is -2.35. The lowest BCUT2D eigenvalue weighted by atomic mass is 9.81. The third-order valence-corrected chi connectivity index (χ3v) is 6.34. The molecule has 1 heterocycles. The van der Waals surface area contributed by atoms with E-state index in [9.17, 15) is 19.2 Å². The number of carbonyl (C=O) groups excluding carboxylic acids is 4. The number of ether oxygens (including phenoxy) is 1. The Morgan fingerprint density at radius 3 is 2.22 bits per heavy atom. The van der Waals surface area contributed by atoms with Crippen molar-refractivity contribution in [3.05, 3.63) is 34.9 Å². The second-order valence-electron chi connectivity index (χ2n) is 7.55. The number of halogens is 1. The van der Waals surface area contributed by atoms with E-state index in [0.717, 1.165) is 19.3 Å². The number of imide groups is 1. The smallest absolute Gasteiger partial charge is 0.308 e. The molecule has 27 heavy (non-hydrogen) atoms. The van der Waals surface area contributed by atoms with Gasteiger partial charge in [0.2, 0.25) is 11.8 Å². The summed E-state index contributed by atoms with van der Waals surface area (Å²) in [4.78, 5) is 50.3. The molecule has 1 saturated heterocycles. The van der Waals surface area contributed by atoms with Crippen LogP contribution in [0, 0.1) is 23.7 Å². The summed E-state index contributed by atoms with van der Waals surface area (Å²) in [5.74, 6) is -0.921. The highest BCUT2D eigenvalue weighted by molar-refractivity contribution is 6.30. The van der Waals surface area contributed by atoms with Gasteiger partial charge in [0.15, 0.2) is 12.4 Å². The van der Waals surface area contributed by atoms with Gasteiger partial charge in [-0.3, -0.25) is 24.1 Å².